The quantitative estimate of drug-likeness (QED) is 0.214. The van der Waals surface area contributed by atoms with Crippen molar-refractivity contribution in [1.82, 2.24) is 0 Å². The summed E-state index contributed by atoms with van der Waals surface area (Å²) < 4.78 is 5.59. The molecule has 1 N–H and O–H groups in total. The Kier molecular flexibility index (Phi) is 7.93. The molecule has 2 aromatic carbocycles. The second kappa shape index (κ2) is 10.7. The van der Waals surface area contributed by atoms with Gasteiger partial charge in [-0.1, -0.05) is 53.1 Å². The fraction of sp³-hybridized carbons (Fsp3) is 0.333. The minimum Gasteiger partial charge on any atom is -0.507 e. The number of aromatic hydroxyl groups is 1. The van der Waals surface area contributed by atoms with Crippen LogP contribution in [0, 0.1) is 0 Å². The summed E-state index contributed by atoms with van der Waals surface area (Å²) in [6.07, 6.45) is 7.89. The highest BCUT2D eigenvalue weighted by molar-refractivity contribution is 6.17. The predicted octanol–water partition coefficient (Wildman–Crippen LogP) is 6.80. The lowest BCUT2D eigenvalue weighted by Gasteiger charge is -2.24. The van der Waals surface area contributed by atoms with Gasteiger partial charge in [-0.2, -0.15) is 0 Å². The van der Waals surface area contributed by atoms with Gasteiger partial charge in [-0.3, -0.25) is 9.59 Å². The summed E-state index contributed by atoms with van der Waals surface area (Å²) in [4.78, 5) is 26.5. The average Bonchev–Trinajstić information content (AvgIpc) is 2.76. The van der Waals surface area contributed by atoms with Crippen molar-refractivity contribution in [3.05, 3.63) is 93.1 Å². The van der Waals surface area contributed by atoms with Crippen LogP contribution >= 0.6 is 0 Å². The van der Waals surface area contributed by atoms with Crippen molar-refractivity contribution in [3.63, 3.8) is 0 Å². The number of fused-ring (bicyclic) bond motifs is 1. The Balaban J connectivity index is 2.07. The number of phenols is 1. The highest BCUT2D eigenvalue weighted by Crippen LogP contribution is 2.37. The molecule has 1 unspecified atom stereocenters. The number of allylic oxidation sites excluding steroid dienone is 6. The van der Waals surface area contributed by atoms with Gasteiger partial charge in [-0.05, 0) is 95.2 Å². The van der Waals surface area contributed by atoms with Crippen LogP contribution in [0.5, 0.6) is 11.5 Å². The number of carbonyl (C=O) groups is 2. The van der Waals surface area contributed by atoms with Gasteiger partial charge in [-0.25, -0.2) is 0 Å². The van der Waals surface area contributed by atoms with E-state index in [1.165, 1.54) is 5.57 Å². The predicted molar refractivity (Wildman–Crippen MR) is 137 cm³/mol. The molecule has 0 aromatic heterocycles. The third kappa shape index (κ3) is 5.93. The third-order valence-corrected chi connectivity index (χ3v) is 5.85. The number of Topliss-reactive ketones (excluding diaryl/α,β-unsaturated/α-hetero) is 1. The molecule has 0 amide bonds. The number of hydrogen-bond acceptors (Lipinski definition) is 4. The zero-order valence-corrected chi connectivity index (χ0v) is 21.0. The van der Waals surface area contributed by atoms with Gasteiger partial charge in [0.05, 0.1) is 5.56 Å². The lowest BCUT2D eigenvalue weighted by molar-refractivity contribution is -0.135. The molecule has 0 saturated heterocycles. The maximum Gasteiger partial charge on any atom is 0.326 e. The van der Waals surface area contributed by atoms with Gasteiger partial charge < -0.3 is 9.84 Å². The minimum absolute atomic E-state index is 0.208. The lowest BCUT2D eigenvalue weighted by atomic mass is 9.85. The fourth-order valence-electron chi connectivity index (χ4n) is 3.92. The smallest absolute Gasteiger partial charge is 0.326 e. The number of benzene rings is 2. The van der Waals surface area contributed by atoms with Crippen LogP contribution < -0.4 is 4.74 Å². The number of phenolic OH excluding ortho intramolecular Hbond substituents is 1. The Labute approximate surface area is 202 Å². The summed E-state index contributed by atoms with van der Waals surface area (Å²) in [6.45, 7) is 12.1. The Hall–Kier alpha value is -3.40. The number of ketones is 1. The summed E-state index contributed by atoms with van der Waals surface area (Å²) in [5.41, 5.74) is 6.81. The van der Waals surface area contributed by atoms with E-state index in [0.29, 0.717) is 47.3 Å². The number of hydrogen-bond donors (Lipinski definition) is 1. The second-order valence-electron chi connectivity index (χ2n) is 9.69. The number of carbonyl (C=O) groups excluding carboxylic acids is 2. The molecule has 0 aliphatic carbocycles. The van der Waals surface area contributed by atoms with Crippen LogP contribution in [-0.2, 0) is 24.1 Å². The summed E-state index contributed by atoms with van der Waals surface area (Å²) in [5.74, 6) is -1.39. The largest absolute Gasteiger partial charge is 0.507 e. The fourth-order valence-corrected chi connectivity index (χ4v) is 3.92. The van der Waals surface area contributed by atoms with E-state index < -0.39 is 11.9 Å². The van der Waals surface area contributed by atoms with Gasteiger partial charge in [0, 0.05) is 0 Å². The highest BCUT2D eigenvalue weighted by Gasteiger charge is 2.38. The Morgan fingerprint density at radius 3 is 1.88 bits per heavy atom. The molecule has 34 heavy (non-hydrogen) atoms. The van der Waals surface area contributed by atoms with Crippen molar-refractivity contribution < 1.29 is 19.4 Å². The standard InChI is InChI=1S/C30H34O4/c1-18(2)7-10-21-11-14-26-25(15-21)29(32)27(30(33)34-26)24-16-22(12-8-19(3)4)28(31)23(17-24)13-9-20(5)6/h7-9,11,14-17,27,31H,10,12-13H2,1-6H3. The van der Waals surface area contributed by atoms with Gasteiger partial charge in [0.2, 0.25) is 0 Å². The zero-order valence-electron chi connectivity index (χ0n) is 21.0. The molecule has 1 heterocycles. The Bertz CT molecular complexity index is 1160. The maximum absolute atomic E-state index is 13.6. The van der Waals surface area contributed by atoms with E-state index in [9.17, 15) is 14.7 Å². The summed E-state index contributed by atoms with van der Waals surface area (Å²) in [6, 6.07) is 8.94. The molecule has 1 atom stereocenters. The molecule has 3 rings (SSSR count). The molecule has 2 aromatic rings. The van der Waals surface area contributed by atoms with Crippen molar-refractivity contribution in [2.75, 3.05) is 0 Å². The topological polar surface area (TPSA) is 63.6 Å². The van der Waals surface area contributed by atoms with E-state index in [1.807, 2.05) is 65.8 Å². The van der Waals surface area contributed by atoms with Crippen LogP contribution in [0.4, 0.5) is 0 Å². The van der Waals surface area contributed by atoms with Crippen molar-refractivity contribution in [1.29, 1.82) is 0 Å². The second-order valence-corrected chi connectivity index (χ2v) is 9.69. The highest BCUT2D eigenvalue weighted by atomic mass is 16.5. The molecule has 178 valence electrons. The van der Waals surface area contributed by atoms with Gasteiger partial charge in [0.15, 0.2) is 5.78 Å². The van der Waals surface area contributed by atoms with Crippen LogP contribution in [0.25, 0.3) is 0 Å². The van der Waals surface area contributed by atoms with Gasteiger partial charge in [0.25, 0.3) is 0 Å². The number of esters is 1. The van der Waals surface area contributed by atoms with Gasteiger partial charge in [-0.15, -0.1) is 0 Å². The van der Waals surface area contributed by atoms with E-state index in [1.54, 1.807) is 18.2 Å². The third-order valence-electron chi connectivity index (χ3n) is 5.85. The summed E-state index contributed by atoms with van der Waals surface area (Å²) in [5, 5.41) is 10.9. The van der Waals surface area contributed by atoms with Crippen LogP contribution in [0.3, 0.4) is 0 Å². The molecular weight excluding hydrogens is 424 g/mol. The van der Waals surface area contributed by atoms with Crippen molar-refractivity contribution in [2.24, 2.45) is 0 Å². The van der Waals surface area contributed by atoms with Crippen LogP contribution in [-0.4, -0.2) is 16.9 Å². The van der Waals surface area contributed by atoms with E-state index in [-0.39, 0.29) is 11.5 Å². The number of rotatable bonds is 7. The van der Waals surface area contributed by atoms with E-state index >= 15 is 0 Å². The molecule has 1 aliphatic rings. The Morgan fingerprint density at radius 2 is 1.35 bits per heavy atom. The first-order valence-corrected chi connectivity index (χ1v) is 11.7. The molecular formula is C30H34O4. The first-order valence-electron chi connectivity index (χ1n) is 11.7. The van der Waals surface area contributed by atoms with Crippen molar-refractivity contribution >= 4 is 11.8 Å². The summed E-state index contributed by atoms with van der Waals surface area (Å²) >= 11 is 0. The molecule has 0 radical (unpaired) electrons. The van der Waals surface area contributed by atoms with Crippen LogP contribution in [0.2, 0.25) is 0 Å². The molecule has 4 heteroatoms. The van der Waals surface area contributed by atoms with E-state index in [0.717, 1.165) is 16.7 Å². The number of ether oxygens (including phenoxy) is 1. The van der Waals surface area contributed by atoms with Gasteiger partial charge >= 0.3 is 5.97 Å². The monoisotopic (exact) mass is 458 g/mol. The first-order chi connectivity index (χ1) is 16.1. The molecule has 0 spiro atoms. The normalized spacial score (nSPS) is 14.7. The molecule has 1 aliphatic heterocycles. The molecule has 4 nitrogen and oxygen atoms in total. The molecule has 0 bridgehead atoms. The average molecular weight is 459 g/mol. The van der Waals surface area contributed by atoms with Crippen molar-refractivity contribution in [2.45, 2.75) is 66.7 Å². The van der Waals surface area contributed by atoms with E-state index in [4.69, 9.17) is 4.74 Å². The van der Waals surface area contributed by atoms with Gasteiger partial charge in [0.1, 0.15) is 17.4 Å². The maximum atomic E-state index is 13.6. The minimum atomic E-state index is -1.05. The zero-order chi connectivity index (χ0) is 25.0. The molecule has 0 fully saturated rings. The molecule has 0 saturated carbocycles. The first kappa shape index (κ1) is 25.2. The lowest BCUT2D eigenvalue weighted by Crippen LogP contribution is -2.32. The van der Waals surface area contributed by atoms with Crippen LogP contribution in [0.15, 0.2) is 65.3 Å². The van der Waals surface area contributed by atoms with Crippen molar-refractivity contribution in [3.8, 4) is 11.5 Å². The van der Waals surface area contributed by atoms with E-state index in [2.05, 4.69) is 6.08 Å². The SMILES string of the molecule is CC(C)=CCc1ccc2c(c1)C(=O)C(c1cc(CC=C(C)C)c(O)c(CC=C(C)C)c1)C(=O)O2. The Morgan fingerprint density at radius 1 is 0.824 bits per heavy atom. The van der Waals surface area contributed by atoms with Crippen LogP contribution in [0.1, 0.15) is 80.1 Å². The summed E-state index contributed by atoms with van der Waals surface area (Å²) in [7, 11) is 0.